The van der Waals surface area contributed by atoms with Gasteiger partial charge in [0, 0.05) is 18.6 Å². The molecule has 1 heterocycles. The highest BCUT2D eigenvalue weighted by molar-refractivity contribution is 5.45. The van der Waals surface area contributed by atoms with Crippen molar-refractivity contribution < 1.29 is 9.47 Å². The Labute approximate surface area is 128 Å². The highest BCUT2D eigenvalue weighted by Gasteiger charge is 2.20. The molecule has 1 aliphatic rings. The largest absolute Gasteiger partial charge is 0.454 e. The van der Waals surface area contributed by atoms with E-state index < -0.39 is 0 Å². The van der Waals surface area contributed by atoms with Gasteiger partial charge in [-0.2, -0.15) is 0 Å². The Morgan fingerprint density at radius 3 is 2.62 bits per heavy atom. The fraction of sp³-hybridized carbons (Fsp3) is 0.647. The van der Waals surface area contributed by atoms with Crippen LogP contribution < -0.4 is 14.8 Å². The lowest BCUT2D eigenvalue weighted by atomic mass is 10.0. The van der Waals surface area contributed by atoms with Crippen LogP contribution in [-0.2, 0) is 0 Å². The average Bonchev–Trinajstić information content (AvgIpc) is 2.93. The highest BCUT2D eigenvalue weighted by Crippen LogP contribution is 2.34. The fourth-order valence-corrected chi connectivity index (χ4v) is 2.75. The third-order valence-electron chi connectivity index (χ3n) is 3.91. The molecule has 21 heavy (non-hydrogen) atoms. The van der Waals surface area contributed by atoms with Crippen molar-refractivity contribution in [3.05, 3.63) is 23.8 Å². The van der Waals surface area contributed by atoms with Gasteiger partial charge in [-0.3, -0.25) is 4.90 Å². The van der Waals surface area contributed by atoms with Crippen LogP contribution in [0.3, 0.4) is 0 Å². The second-order valence-corrected chi connectivity index (χ2v) is 5.81. The smallest absolute Gasteiger partial charge is 0.231 e. The van der Waals surface area contributed by atoms with Gasteiger partial charge in [-0.05, 0) is 51.1 Å². The Morgan fingerprint density at radius 1 is 1.19 bits per heavy atom. The lowest BCUT2D eigenvalue weighted by molar-refractivity contribution is 0.173. The van der Waals surface area contributed by atoms with Crippen molar-refractivity contribution in [2.24, 2.45) is 0 Å². The third-order valence-corrected chi connectivity index (χ3v) is 3.91. The van der Waals surface area contributed by atoms with E-state index in [0.717, 1.165) is 31.1 Å². The molecule has 2 rings (SSSR count). The molecule has 0 spiro atoms. The molecule has 1 aliphatic heterocycles. The van der Waals surface area contributed by atoms with E-state index in [1.54, 1.807) is 0 Å². The molecule has 1 aromatic carbocycles. The van der Waals surface area contributed by atoms with Crippen LogP contribution in [0.15, 0.2) is 18.2 Å². The monoisotopic (exact) mass is 292 g/mol. The van der Waals surface area contributed by atoms with E-state index in [0.29, 0.717) is 18.9 Å². The van der Waals surface area contributed by atoms with E-state index in [1.807, 2.05) is 6.07 Å². The van der Waals surface area contributed by atoms with Crippen LogP contribution in [0.4, 0.5) is 0 Å². The van der Waals surface area contributed by atoms with Gasteiger partial charge in [-0.1, -0.05) is 19.9 Å². The van der Waals surface area contributed by atoms with Crippen LogP contribution >= 0.6 is 0 Å². The summed E-state index contributed by atoms with van der Waals surface area (Å²) in [7, 11) is 0. The zero-order valence-electron chi connectivity index (χ0n) is 13.7. The Kier molecular flexibility index (Phi) is 5.88. The number of hydrogen-bond donors (Lipinski definition) is 1. The van der Waals surface area contributed by atoms with Crippen LogP contribution in [0.1, 0.15) is 45.7 Å². The third kappa shape index (κ3) is 4.11. The first kappa shape index (κ1) is 16.1. The minimum Gasteiger partial charge on any atom is -0.454 e. The van der Waals surface area contributed by atoms with Gasteiger partial charge < -0.3 is 14.8 Å². The predicted molar refractivity (Wildman–Crippen MR) is 86.0 cm³/mol. The fourth-order valence-electron chi connectivity index (χ4n) is 2.75. The molecule has 0 aromatic heterocycles. The standard InChI is InChI=1S/C17H28N2O2/c1-5-9-19(13(3)4)11-15(18-6-2)14-7-8-16-17(10-14)21-12-20-16/h7-8,10,13,15,18H,5-6,9,11-12H2,1-4H3. The Bertz CT molecular complexity index is 448. The van der Waals surface area contributed by atoms with Crippen molar-refractivity contribution in [3.63, 3.8) is 0 Å². The van der Waals surface area contributed by atoms with Crippen LogP contribution in [0.5, 0.6) is 11.5 Å². The quantitative estimate of drug-likeness (QED) is 0.798. The molecule has 0 saturated heterocycles. The van der Waals surface area contributed by atoms with E-state index in [4.69, 9.17) is 9.47 Å². The molecule has 0 aliphatic carbocycles. The minimum atomic E-state index is 0.318. The molecule has 0 bridgehead atoms. The summed E-state index contributed by atoms with van der Waals surface area (Å²) in [5.74, 6) is 1.71. The van der Waals surface area contributed by atoms with Crippen molar-refractivity contribution in [2.45, 2.75) is 46.2 Å². The molecule has 1 aromatic rings. The van der Waals surface area contributed by atoms with Gasteiger partial charge in [0.2, 0.25) is 6.79 Å². The SMILES string of the molecule is CCCN(CC(NCC)c1ccc2c(c1)OCO2)C(C)C. The van der Waals surface area contributed by atoms with Crippen molar-refractivity contribution in [1.29, 1.82) is 0 Å². The molecule has 0 saturated carbocycles. The van der Waals surface area contributed by atoms with E-state index in [-0.39, 0.29) is 0 Å². The molecule has 1 atom stereocenters. The Morgan fingerprint density at radius 2 is 1.95 bits per heavy atom. The number of ether oxygens (including phenoxy) is 2. The topological polar surface area (TPSA) is 33.7 Å². The maximum atomic E-state index is 5.50. The maximum absolute atomic E-state index is 5.50. The van der Waals surface area contributed by atoms with Gasteiger partial charge in [0.1, 0.15) is 0 Å². The molecule has 0 radical (unpaired) electrons. The van der Waals surface area contributed by atoms with Crippen LogP contribution in [0.25, 0.3) is 0 Å². The summed E-state index contributed by atoms with van der Waals surface area (Å²) in [6, 6.07) is 7.14. The molecule has 118 valence electrons. The zero-order chi connectivity index (χ0) is 15.2. The Hall–Kier alpha value is -1.26. The van der Waals surface area contributed by atoms with Crippen LogP contribution in [0.2, 0.25) is 0 Å². The van der Waals surface area contributed by atoms with Crippen molar-refractivity contribution in [3.8, 4) is 11.5 Å². The first-order valence-corrected chi connectivity index (χ1v) is 8.02. The zero-order valence-corrected chi connectivity index (χ0v) is 13.7. The summed E-state index contributed by atoms with van der Waals surface area (Å²) < 4.78 is 10.9. The number of benzene rings is 1. The number of rotatable bonds is 8. The first-order chi connectivity index (χ1) is 10.2. The number of likely N-dealkylation sites (N-methyl/N-ethyl adjacent to an activating group) is 1. The number of fused-ring (bicyclic) bond motifs is 1. The first-order valence-electron chi connectivity index (χ1n) is 8.02. The highest BCUT2D eigenvalue weighted by atomic mass is 16.7. The van der Waals surface area contributed by atoms with Gasteiger partial charge in [-0.15, -0.1) is 0 Å². The molecule has 0 amide bonds. The normalized spacial score (nSPS) is 15.0. The number of nitrogens with one attached hydrogen (secondary N) is 1. The van der Waals surface area contributed by atoms with Crippen molar-refractivity contribution >= 4 is 0 Å². The average molecular weight is 292 g/mol. The second kappa shape index (κ2) is 7.66. The minimum absolute atomic E-state index is 0.318. The van der Waals surface area contributed by atoms with Crippen molar-refractivity contribution in [2.75, 3.05) is 26.4 Å². The maximum Gasteiger partial charge on any atom is 0.231 e. The van der Waals surface area contributed by atoms with Gasteiger partial charge in [0.05, 0.1) is 0 Å². The van der Waals surface area contributed by atoms with Crippen molar-refractivity contribution in [1.82, 2.24) is 10.2 Å². The predicted octanol–water partition coefficient (Wildman–Crippen LogP) is 3.19. The van der Waals surface area contributed by atoms with Crippen LogP contribution in [0, 0.1) is 0 Å². The molecule has 1 unspecified atom stereocenters. The molecule has 4 nitrogen and oxygen atoms in total. The van der Waals surface area contributed by atoms with E-state index in [9.17, 15) is 0 Å². The summed E-state index contributed by atoms with van der Waals surface area (Å²) in [5, 5.41) is 3.60. The molecule has 0 fully saturated rings. The van der Waals surface area contributed by atoms with Crippen LogP contribution in [-0.4, -0.2) is 37.4 Å². The number of hydrogen-bond acceptors (Lipinski definition) is 4. The van der Waals surface area contributed by atoms with E-state index in [2.05, 4.69) is 50.0 Å². The summed E-state index contributed by atoms with van der Waals surface area (Å²) in [6.45, 7) is 12.3. The lowest BCUT2D eigenvalue weighted by Gasteiger charge is -2.31. The molecular weight excluding hydrogens is 264 g/mol. The molecule has 1 N–H and O–H groups in total. The van der Waals surface area contributed by atoms with Gasteiger partial charge in [0.15, 0.2) is 11.5 Å². The van der Waals surface area contributed by atoms with Gasteiger partial charge in [-0.25, -0.2) is 0 Å². The summed E-state index contributed by atoms with van der Waals surface area (Å²) in [5.41, 5.74) is 1.27. The van der Waals surface area contributed by atoms with E-state index >= 15 is 0 Å². The summed E-state index contributed by atoms with van der Waals surface area (Å²) >= 11 is 0. The molecule has 4 heteroatoms. The summed E-state index contributed by atoms with van der Waals surface area (Å²) in [6.07, 6.45) is 1.18. The Balaban J connectivity index is 2.14. The van der Waals surface area contributed by atoms with E-state index in [1.165, 1.54) is 12.0 Å². The lowest BCUT2D eigenvalue weighted by Crippen LogP contribution is -2.39. The molecular formula is C17H28N2O2. The number of nitrogens with zero attached hydrogens (tertiary/aromatic N) is 1. The summed E-state index contributed by atoms with van der Waals surface area (Å²) in [4.78, 5) is 2.53. The second-order valence-electron chi connectivity index (χ2n) is 5.81. The van der Waals surface area contributed by atoms with Gasteiger partial charge >= 0.3 is 0 Å². The van der Waals surface area contributed by atoms with Gasteiger partial charge in [0.25, 0.3) is 0 Å².